The van der Waals surface area contributed by atoms with Crippen molar-refractivity contribution in [2.45, 2.75) is 39.1 Å². The summed E-state index contributed by atoms with van der Waals surface area (Å²) < 4.78 is 7.38. The summed E-state index contributed by atoms with van der Waals surface area (Å²) in [5.74, 6) is 0.531. The molecule has 8 nitrogen and oxygen atoms in total. The van der Waals surface area contributed by atoms with Crippen LogP contribution in [0.15, 0.2) is 55.2 Å². The number of nitrogens with zero attached hydrogens (tertiary/aromatic N) is 5. The third-order valence-electron chi connectivity index (χ3n) is 5.06. The first-order valence-electron chi connectivity index (χ1n) is 10.1. The minimum absolute atomic E-state index is 0.122. The molecule has 0 saturated carbocycles. The highest BCUT2D eigenvalue weighted by Gasteiger charge is 2.22. The van der Waals surface area contributed by atoms with Gasteiger partial charge in [-0.15, -0.1) is 0 Å². The molecule has 0 aliphatic carbocycles. The molecule has 1 saturated heterocycles. The van der Waals surface area contributed by atoms with Gasteiger partial charge in [0, 0.05) is 43.5 Å². The Morgan fingerprint density at radius 3 is 2.63 bits per heavy atom. The van der Waals surface area contributed by atoms with E-state index in [1.807, 2.05) is 36.4 Å². The molecule has 3 aromatic rings. The van der Waals surface area contributed by atoms with Gasteiger partial charge in [-0.1, -0.05) is 18.2 Å². The topological polar surface area (TPSA) is 85.2 Å². The summed E-state index contributed by atoms with van der Waals surface area (Å²) in [6, 6.07) is 11.5. The van der Waals surface area contributed by atoms with Gasteiger partial charge in [-0.2, -0.15) is 5.10 Å². The second-order valence-corrected chi connectivity index (χ2v) is 7.66. The number of hydrogen-bond donors (Lipinski definition) is 1. The smallest absolute Gasteiger partial charge is 0.251 e. The van der Waals surface area contributed by atoms with Gasteiger partial charge in [-0.25, -0.2) is 14.6 Å². The van der Waals surface area contributed by atoms with E-state index in [1.54, 1.807) is 17.2 Å². The highest BCUT2D eigenvalue weighted by Crippen LogP contribution is 2.15. The van der Waals surface area contributed by atoms with Crippen LogP contribution in [0, 0.1) is 0 Å². The van der Waals surface area contributed by atoms with Gasteiger partial charge >= 0.3 is 0 Å². The van der Waals surface area contributed by atoms with Crippen LogP contribution in [0.2, 0.25) is 0 Å². The summed E-state index contributed by atoms with van der Waals surface area (Å²) in [6.45, 7) is 7.26. The fourth-order valence-electron chi connectivity index (χ4n) is 3.80. The minimum atomic E-state index is -0.122. The lowest BCUT2D eigenvalue weighted by molar-refractivity contribution is -0.0704. The number of nitrogens with one attached hydrogen (secondary N) is 1. The van der Waals surface area contributed by atoms with E-state index in [0.29, 0.717) is 17.9 Å². The predicted molar refractivity (Wildman–Crippen MR) is 112 cm³/mol. The Hall–Kier alpha value is -3.10. The molecule has 0 unspecified atom stereocenters. The average molecular weight is 406 g/mol. The third kappa shape index (κ3) is 4.90. The van der Waals surface area contributed by atoms with Crippen molar-refractivity contribution in [3.8, 4) is 5.82 Å². The van der Waals surface area contributed by atoms with E-state index in [2.05, 4.69) is 39.1 Å². The lowest BCUT2D eigenvalue weighted by Crippen LogP contribution is -2.44. The van der Waals surface area contributed by atoms with Crippen LogP contribution >= 0.6 is 0 Å². The van der Waals surface area contributed by atoms with E-state index in [4.69, 9.17) is 4.74 Å². The lowest BCUT2D eigenvalue weighted by atomic mass is 10.1. The van der Waals surface area contributed by atoms with Gasteiger partial charge in [-0.05, 0) is 37.6 Å². The monoisotopic (exact) mass is 406 g/mol. The molecule has 2 atom stereocenters. The second-order valence-electron chi connectivity index (χ2n) is 7.66. The van der Waals surface area contributed by atoms with Crippen LogP contribution in [0.5, 0.6) is 0 Å². The van der Waals surface area contributed by atoms with Gasteiger partial charge in [0.05, 0.1) is 12.2 Å². The summed E-state index contributed by atoms with van der Waals surface area (Å²) in [5, 5.41) is 7.08. The number of aromatic nitrogens is 4. The standard InChI is InChI=1S/C22H26N6O2/c1-16-11-27(12-17(2)30-16)13-18-5-7-19(8-6-18)22(29)25-10-20-4-3-9-24-21(20)28-15-23-14-26-28/h3-9,14-17H,10-13H2,1-2H3,(H,25,29)/t16-,17+. The van der Waals surface area contributed by atoms with Crippen molar-refractivity contribution in [2.24, 2.45) is 0 Å². The van der Waals surface area contributed by atoms with Gasteiger partial charge in [0.15, 0.2) is 5.82 Å². The van der Waals surface area contributed by atoms with Crippen molar-refractivity contribution in [3.05, 3.63) is 71.9 Å². The number of morpholine rings is 1. The molecule has 1 aliphatic heterocycles. The fourth-order valence-corrected chi connectivity index (χ4v) is 3.80. The van der Waals surface area contributed by atoms with Gasteiger partial charge < -0.3 is 10.1 Å². The molecule has 3 heterocycles. The van der Waals surface area contributed by atoms with E-state index >= 15 is 0 Å². The fraction of sp³-hybridized carbons (Fsp3) is 0.364. The molecule has 0 bridgehead atoms. The molecular formula is C22H26N6O2. The summed E-state index contributed by atoms with van der Waals surface area (Å²) in [5.41, 5.74) is 2.69. The van der Waals surface area contributed by atoms with Crippen LogP contribution in [-0.4, -0.2) is 55.9 Å². The highest BCUT2D eigenvalue weighted by molar-refractivity contribution is 5.94. The molecule has 1 N–H and O–H groups in total. The first kappa shape index (κ1) is 20.2. The maximum atomic E-state index is 12.6. The normalized spacial score (nSPS) is 19.5. The van der Waals surface area contributed by atoms with Crippen LogP contribution in [0.3, 0.4) is 0 Å². The number of rotatable bonds is 6. The van der Waals surface area contributed by atoms with Crippen LogP contribution in [0.25, 0.3) is 5.82 Å². The highest BCUT2D eigenvalue weighted by atomic mass is 16.5. The summed E-state index contributed by atoms with van der Waals surface area (Å²) in [6.07, 6.45) is 5.22. The van der Waals surface area contributed by atoms with Crippen LogP contribution < -0.4 is 5.32 Å². The zero-order valence-corrected chi connectivity index (χ0v) is 17.2. The summed E-state index contributed by atoms with van der Waals surface area (Å²) in [7, 11) is 0. The van der Waals surface area contributed by atoms with Gasteiger partial charge in [0.1, 0.15) is 12.7 Å². The molecule has 1 fully saturated rings. The molecule has 156 valence electrons. The second kappa shape index (κ2) is 9.15. The Labute approximate surface area is 175 Å². The van der Waals surface area contributed by atoms with Crippen LogP contribution in [0.1, 0.15) is 35.3 Å². The molecule has 4 rings (SSSR count). The summed E-state index contributed by atoms with van der Waals surface area (Å²) in [4.78, 5) is 23.3. The SMILES string of the molecule is C[C@@H]1CN(Cc2ccc(C(=O)NCc3cccnc3-n3cncn3)cc2)C[C@H](C)O1. The Kier molecular flexibility index (Phi) is 6.15. The molecule has 30 heavy (non-hydrogen) atoms. The van der Waals surface area contributed by atoms with Crippen molar-refractivity contribution in [3.63, 3.8) is 0 Å². The van der Waals surface area contributed by atoms with Crippen molar-refractivity contribution < 1.29 is 9.53 Å². The van der Waals surface area contributed by atoms with Gasteiger partial charge in [0.25, 0.3) is 5.91 Å². The van der Waals surface area contributed by atoms with Crippen molar-refractivity contribution in [1.82, 2.24) is 30.0 Å². The summed E-state index contributed by atoms with van der Waals surface area (Å²) >= 11 is 0. The maximum absolute atomic E-state index is 12.6. The Morgan fingerprint density at radius 1 is 1.17 bits per heavy atom. The van der Waals surface area contributed by atoms with Gasteiger partial charge in [0.2, 0.25) is 0 Å². The van der Waals surface area contributed by atoms with Crippen LogP contribution in [0.4, 0.5) is 0 Å². The van der Waals surface area contributed by atoms with E-state index in [0.717, 1.165) is 25.2 Å². The third-order valence-corrected chi connectivity index (χ3v) is 5.06. The van der Waals surface area contributed by atoms with Gasteiger partial charge in [-0.3, -0.25) is 9.69 Å². The van der Waals surface area contributed by atoms with Crippen molar-refractivity contribution in [2.75, 3.05) is 13.1 Å². The van der Waals surface area contributed by atoms with Crippen molar-refractivity contribution >= 4 is 5.91 Å². The number of ether oxygens (including phenoxy) is 1. The van der Waals surface area contributed by atoms with E-state index in [9.17, 15) is 4.79 Å². The molecule has 1 aromatic carbocycles. The van der Waals surface area contributed by atoms with E-state index in [-0.39, 0.29) is 18.1 Å². The predicted octanol–water partition coefficient (Wildman–Crippen LogP) is 2.20. The molecule has 1 amide bonds. The molecule has 8 heteroatoms. The number of carbonyl (C=O) groups is 1. The number of pyridine rings is 1. The molecular weight excluding hydrogens is 380 g/mol. The first-order chi connectivity index (χ1) is 14.6. The molecule has 1 aliphatic rings. The van der Waals surface area contributed by atoms with E-state index < -0.39 is 0 Å². The molecule has 2 aromatic heterocycles. The van der Waals surface area contributed by atoms with Crippen molar-refractivity contribution in [1.29, 1.82) is 0 Å². The Bertz CT molecular complexity index is 964. The molecule has 0 radical (unpaired) electrons. The van der Waals surface area contributed by atoms with Crippen LogP contribution in [-0.2, 0) is 17.8 Å². The molecule has 0 spiro atoms. The zero-order chi connectivity index (χ0) is 20.9. The number of carbonyl (C=O) groups excluding carboxylic acids is 1. The quantitative estimate of drug-likeness (QED) is 0.676. The number of amides is 1. The number of benzene rings is 1. The largest absolute Gasteiger partial charge is 0.373 e. The Morgan fingerprint density at radius 2 is 1.93 bits per heavy atom. The lowest BCUT2D eigenvalue weighted by Gasteiger charge is -2.35. The minimum Gasteiger partial charge on any atom is -0.373 e. The Balaban J connectivity index is 1.36. The average Bonchev–Trinajstić information content (AvgIpc) is 3.27. The maximum Gasteiger partial charge on any atom is 0.251 e. The zero-order valence-electron chi connectivity index (χ0n) is 17.2. The van der Waals surface area contributed by atoms with E-state index in [1.165, 1.54) is 11.9 Å². The number of hydrogen-bond acceptors (Lipinski definition) is 6. The first-order valence-corrected chi connectivity index (χ1v) is 10.1.